The molecule has 3 nitrogen and oxygen atoms in total. The van der Waals surface area contributed by atoms with Crippen LogP contribution in [0, 0.1) is 11.7 Å². The molecule has 1 aliphatic rings. The Balaban J connectivity index is 1.80. The zero-order valence-electron chi connectivity index (χ0n) is 13.2. The Morgan fingerprint density at radius 1 is 1.43 bits per heavy atom. The van der Waals surface area contributed by atoms with Gasteiger partial charge in [0, 0.05) is 33.1 Å². The Morgan fingerprint density at radius 3 is 2.67 bits per heavy atom. The third kappa shape index (κ3) is 4.53. The largest absolute Gasteiger partial charge is 0.343 e. The molecule has 1 aliphatic heterocycles. The zero-order valence-corrected chi connectivity index (χ0v) is 13.2. The first-order valence-corrected chi connectivity index (χ1v) is 7.65. The normalized spacial score (nSPS) is 20.0. The fraction of sp³-hybridized carbons (Fsp3) is 0.588. The molecule has 1 aromatic rings. The van der Waals surface area contributed by atoms with E-state index in [2.05, 4.69) is 18.9 Å². The smallest absolute Gasteiger partial charge is 0.219 e. The number of rotatable bonds is 5. The van der Waals surface area contributed by atoms with Crippen LogP contribution in [0.1, 0.15) is 31.7 Å². The number of likely N-dealkylation sites (N-methyl/N-ethyl adjacent to an activating group) is 1. The predicted octanol–water partition coefficient (Wildman–Crippen LogP) is 2.73. The van der Waals surface area contributed by atoms with Crippen LogP contribution in [0.4, 0.5) is 4.39 Å². The van der Waals surface area contributed by atoms with Crippen LogP contribution in [-0.2, 0) is 4.79 Å². The van der Waals surface area contributed by atoms with Gasteiger partial charge in [-0.3, -0.25) is 4.79 Å². The maximum absolute atomic E-state index is 12.9. The highest BCUT2D eigenvalue weighted by atomic mass is 19.1. The summed E-state index contributed by atoms with van der Waals surface area (Å²) in [5, 5.41) is 0. The molecule has 1 aromatic carbocycles. The average molecular weight is 292 g/mol. The van der Waals surface area contributed by atoms with Crippen molar-refractivity contribution in [2.45, 2.75) is 26.2 Å². The molecule has 2 rings (SSSR count). The number of hydrogen-bond acceptors (Lipinski definition) is 2. The summed E-state index contributed by atoms with van der Waals surface area (Å²) < 4.78 is 12.9. The van der Waals surface area contributed by atoms with Gasteiger partial charge in [-0.2, -0.15) is 0 Å². The summed E-state index contributed by atoms with van der Waals surface area (Å²) in [7, 11) is 2.12. The topological polar surface area (TPSA) is 23.6 Å². The van der Waals surface area contributed by atoms with Gasteiger partial charge in [-0.15, -0.1) is 0 Å². The van der Waals surface area contributed by atoms with E-state index in [0.29, 0.717) is 11.8 Å². The van der Waals surface area contributed by atoms with Crippen LogP contribution in [0.3, 0.4) is 0 Å². The third-order valence-corrected chi connectivity index (χ3v) is 4.33. The van der Waals surface area contributed by atoms with Crippen LogP contribution in [-0.4, -0.2) is 48.9 Å². The number of halogens is 1. The van der Waals surface area contributed by atoms with E-state index in [1.54, 1.807) is 6.92 Å². The van der Waals surface area contributed by atoms with Crippen molar-refractivity contribution in [1.29, 1.82) is 0 Å². The molecule has 1 amide bonds. The van der Waals surface area contributed by atoms with Crippen LogP contribution >= 0.6 is 0 Å². The van der Waals surface area contributed by atoms with Gasteiger partial charge in [0.25, 0.3) is 0 Å². The number of nitrogens with zero attached hydrogens (tertiary/aromatic N) is 2. The summed E-state index contributed by atoms with van der Waals surface area (Å²) in [5.41, 5.74) is 1.17. The molecule has 0 unspecified atom stereocenters. The molecule has 21 heavy (non-hydrogen) atoms. The van der Waals surface area contributed by atoms with Gasteiger partial charge < -0.3 is 9.80 Å². The molecule has 0 bridgehead atoms. The molecule has 116 valence electrons. The van der Waals surface area contributed by atoms with Crippen molar-refractivity contribution < 1.29 is 9.18 Å². The standard InChI is InChI=1S/C17H25FN2O/c1-13(16-4-6-17(18)7-5-16)10-19(3)11-15-8-9-20(12-15)14(2)21/h4-7,13,15H,8-12H2,1-3H3/t13-,15-/m1/s1. The Bertz CT molecular complexity index is 474. The quantitative estimate of drug-likeness (QED) is 0.833. The van der Waals surface area contributed by atoms with Crippen molar-refractivity contribution in [1.82, 2.24) is 9.80 Å². The summed E-state index contributed by atoms with van der Waals surface area (Å²) in [4.78, 5) is 15.6. The highest BCUT2D eigenvalue weighted by molar-refractivity contribution is 5.73. The molecular weight excluding hydrogens is 267 g/mol. The second-order valence-electron chi connectivity index (χ2n) is 6.29. The van der Waals surface area contributed by atoms with Gasteiger partial charge in [0.1, 0.15) is 5.82 Å². The minimum Gasteiger partial charge on any atom is -0.343 e. The van der Waals surface area contributed by atoms with Crippen molar-refractivity contribution in [2.75, 3.05) is 33.2 Å². The van der Waals surface area contributed by atoms with Crippen LogP contribution < -0.4 is 0 Å². The number of amides is 1. The van der Waals surface area contributed by atoms with E-state index in [0.717, 1.165) is 32.6 Å². The Kier molecular flexibility index (Phi) is 5.34. The number of hydrogen-bond donors (Lipinski definition) is 0. The predicted molar refractivity (Wildman–Crippen MR) is 82.7 cm³/mol. The van der Waals surface area contributed by atoms with Gasteiger partial charge in [0.05, 0.1) is 0 Å². The van der Waals surface area contributed by atoms with E-state index >= 15 is 0 Å². The molecular formula is C17H25FN2O. The van der Waals surface area contributed by atoms with Gasteiger partial charge >= 0.3 is 0 Å². The summed E-state index contributed by atoms with van der Waals surface area (Å²) in [6.07, 6.45) is 1.09. The van der Waals surface area contributed by atoms with Gasteiger partial charge in [-0.25, -0.2) is 4.39 Å². The number of carbonyl (C=O) groups excluding carboxylic acids is 1. The zero-order chi connectivity index (χ0) is 15.4. The summed E-state index contributed by atoms with van der Waals surface area (Å²) in [6, 6.07) is 6.77. The third-order valence-electron chi connectivity index (χ3n) is 4.33. The van der Waals surface area contributed by atoms with Gasteiger partial charge in [-0.05, 0) is 43.0 Å². The second-order valence-corrected chi connectivity index (χ2v) is 6.29. The average Bonchev–Trinajstić information content (AvgIpc) is 2.87. The van der Waals surface area contributed by atoms with E-state index in [9.17, 15) is 9.18 Å². The first-order valence-electron chi connectivity index (χ1n) is 7.65. The summed E-state index contributed by atoms with van der Waals surface area (Å²) >= 11 is 0. The van der Waals surface area contributed by atoms with E-state index in [4.69, 9.17) is 0 Å². The van der Waals surface area contributed by atoms with Gasteiger partial charge in [0.2, 0.25) is 5.91 Å². The number of likely N-dealkylation sites (tertiary alicyclic amines) is 1. The van der Waals surface area contributed by atoms with E-state index in [1.807, 2.05) is 17.0 Å². The minimum absolute atomic E-state index is 0.180. The first kappa shape index (κ1) is 16.0. The molecule has 1 fully saturated rings. The van der Waals surface area contributed by atoms with Crippen molar-refractivity contribution in [3.63, 3.8) is 0 Å². The molecule has 0 aliphatic carbocycles. The molecule has 1 heterocycles. The van der Waals surface area contributed by atoms with Crippen LogP contribution in [0.15, 0.2) is 24.3 Å². The van der Waals surface area contributed by atoms with Gasteiger partial charge in [0.15, 0.2) is 0 Å². The fourth-order valence-corrected chi connectivity index (χ4v) is 3.15. The lowest BCUT2D eigenvalue weighted by molar-refractivity contribution is -0.127. The van der Waals surface area contributed by atoms with E-state index in [1.165, 1.54) is 17.7 Å². The lowest BCUT2D eigenvalue weighted by Gasteiger charge is -2.24. The van der Waals surface area contributed by atoms with Crippen LogP contribution in [0.25, 0.3) is 0 Å². The minimum atomic E-state index is -0.186. The fourth-order valence-electron chi connectivity index (χ4n) is 3.15. The summed E-state index contributed by atoms with van der Waals surface area (Å²) in [6.45, 7) is 7.53. The van der Waals surface area contributed by atoms with Crippen molar-refractivity contribution >= 4 is 5.91 Å². The Hall–Kier alpha value is -1.42. The maximum atomic E-state index is 12.9. The lowest BCUT2D eigenvalue weighted by atomic mass is 10.00. The number of carbonyl (C=O) groups is 1. The number of benzene rings is 1. The molecule has 4 heteroatoms. The van der Waals surface area contributed by atoms with Gasteiger partial charge in [-0.1, -0.05) is 19.1 Å². The molecule has 0 spiro atoms. The molecule has 1 saturated heterocycles. The summed E-state index contributed by atoms with van der Waals surface area (Å²) in [5.74, 6) is 0.939. The van der Waals surface area contributed by atoms with Crippen LogP contribution in [0.5, 0.6) is 0 Å². The van der Waals surface area contributed by atoms with E-state index < -0.39 is 0 Å². The van der Waals surface area contributed by atoms with Crippen molar-refractivity contribution in [2.24, 2.45) is 5.92 Å². The molecule has 0 aromatic heterocycles. The van der Waals surface area contributed by atoms with Crippen molar-refractivity contribution in [3.8, 4) is 0 Å². The van der Waals surface area contributed by atoms with E-state index in [-0.39, 0.29) is 11.7 Å². The Labute approximate surface area is 126 Å². The maximum Gasteiger partial charge on any atom is 0.219 e. The second kappa shape index (κ2) is 7.03. The van der Waals surface area contributed by atoms with Crippen molar-refractivity contribution in [3.05, 3.63) is 35.6 Å². The monoisotopic (exact) mass is 292 g/mol. The molecule has 2 atom stereocenters. The first-order chi connectivity index (χ1) is 9.95. The highest BCUT2D eigenvalue weighted by Gasteiger charge is 2.25. The molecule has 0 saturated carbocycles. The molecule has 0 N–H and O–H groups in total. The molecule has 0 radical (unpaired) electrons. The highest BCUT2D eigenvalue weighted by Crippen LogP contribution is 2.20. The Morgan fingerprint density at radius 2 is 2.10 bits per heavy atom. The van der Waals surface area contributed by atoms with Crippen LogP contribution in [0.2, 0.25) is 0 Å². The SMILES string of the molecule is CC(=O)N1CC[C@H](CN(C)C[C@@H](C)c2ccc(F)cc2)C1. The lowest BCUT2D eigenvalue weighted by Crippen LogP contribution is -2.32.